The quantitative estimate of drug-likeness (QED) is 0.887. The molecule has 1 atom stereocenters. The molecule has 4 nitrogen and oxygen atoms in total. The van der Waals surface area contributed by atoms with Crippen molar-refractivity contribution >= 4 is 11.7 Å². The van der Waals surface area contributed by atoms with Crippen molar-refractivity contribution in [2.45, 2.75) is 25.7 Å². The van der Waals surface area contributed by atoms with Gasteiger partial charge in [-0.05, 0) is 42.5 Å². The SMILES string of the molecule is Cc1cccc2c1CCN2C(=O)NCC(CCO)c1ccccc1. The third kappa shape index (κ3) is 3.44. The van der Waals surface area contributed by atoms with Crippen LogP contribution in [0.1, 0.15) is 29.0 Å². The van der Waals surface area contributed by atoms with E-state index in [0.29, 0.717) is 13.0 Å². The lowest BCUT2D eigenvalue weighted by Crippen LogP contribution is -2.40. The zero-order valence-electron chi connectivity index (χ0n) is 14.0. The summed E-state index contributed by atoms with van der Waals surface area (Å²) in [7, 11) is 0. The first-order chi connectivity index (χ1) is 11.7. The minimum atomic E-state index is -0.0572. The van der Waals surface area contributed by atoms with E-state index >= 15 is 0 Å². The molecule has 24 heavy (non-hydrogen) atoms. The Morgan fingerprint density at radius 1 is 1.21 bits per heavy atom. The highest BCUT2D eigenvalue weighted by atomic mass is 16.3. The molecule has 2 aromatic rings. The Kier molecular flexibility index (Phi) is 5.16. The zero-order chi connectivity index (χ0) is 16.9. The second kappa shape index (κ2) is 7.49. The van der Waals surface area contributed by atoms with Gasteiger partial charge in [-0.2, -0.15) is 0 Å². The zero-order valence-corrected chi connectivity index (χ0v) is 14.0. The molecule has 3 rings (SSSR count). The molecule has 0 spiro atoms. The first kappa shape index (κ1) is 16.5. The lowest BCUT2D eigenvalue weighted by Gasteiger charge is -2.22. The van der Waals surface area contributed by atoms with Crippen LogP contribution in [0.3, 0.4) is 0 Å². The third-order valence-corrected chi connectivity index (χ3v) is 4.76. The highest BCUT2D eigenvalue weighted by Crippen LogP contribution is 2.30. The van der Waals surface area contributed by atoms with E-state index in [4.69, 9.17) is 0 Å². The Morgan fingerprint density at radius 3 is 2.75 bits per heavy atom. The van der Waals surface area contributed by atoms with Gasteiger partial charge in [-0.1, -0.05) is 42.5 Å². The number of fused-ring (bicyclic) bond motifs is 1. The van der Waals surface area contributed by atoms with Crippen LogP contribution in [0.2, 0.25) is 0 Å². The summed E-state index contributed by atoms with van der Waals surface area (Å²) in [6, 6.07) is 16.1. The number of nitrogens with one attached hydrogen (secondary N) is 1. The van der Waals surface area contributed by atoms with Gasteiger partial charge in [-0.15, -0.1) is 0 Å². The Balaban J connectivity index is 1.66. The highest BCUT2D eigenvalue weighted by molar-refractivity contribution is 5.94. The van der Waals surface area contributed by atoms with E-state index in [9.17, 15) is 9.90 Å². The number of nitrogens with zero attached hydrogens (tertiary/aromatic N) is 1. The molecule has 2 amide bonds. The Bertz CT molecular complexity index is 700. The molecule has 2 N–H and O–H groups in total. The van der Waals surface area contributed by atoms with Crippen LogP contribution in [-0.2, 0) is 6.42 Å². The fourth-order valence-corrected chi connectivity index (χ4v) is 3.39. The summed E-state index contributed by atoms with van der Waals surface area (Å²) in [4.78, 5) is 14.4. The number of anilines is 1. The molecular formula is C20H24N2O2. The van der Waals surface area contributed by atoms with Crippen LogP contribution < -0.4 is 10.2 Å². The number of hydrogen-bond donors (Lipinski definition) is 2. The Hall–Kier alpha value is -2.33. The van der Waals surface area contributed by atoms with E-state index in [2.05, 4.69) is 18.3 Å². The third-order valence-electron chi connectivity index (χ3n) is 4.76. The molecule has 4 heteroatoms. The number of aryl methyl sites for hydroxylation is 1. The van der Waals surface area contributed by atoms with Crippen LogP contribution in [-0.4, -0.2) is 30.8 Å². The van der Waals surface area contributed by atoms with E-state index < -0.39 is 0 Å². The smallest absolute Gasteiger partial charge is 0.321 e. The Labute approximate surface area is 143 Å². The van der Waals surface area contributed by atoms with Gasteiger partial charge < -0.3 is 10.4 Å². The normalized spacial score (nSPS) is 14.3. The average molecular weight is 324 g/mol. The predicted molar refractivity (Wildman–Crippen MR) is 96.5 cm³/mol. The number of aliphatic hydroxyl groups excluding tert-OH is 1. The van der Waals surface area contributed by atoms with Gasteiger partial charge in [0, 0.05) is 31.3 Å². The van der Waals surface area contributed by atoms with Crippen molar-refractivity contribution < 1.29 is 9.90 Å². The number of hydrogen-bond acceptors (Lipinski definition) is 2. The van der Waals surface area contributed by atoms with E-state index in [0.717, 1.165) is 24.2 Å². The van der Waals surface area contributed by atoms with Crippen LogP contribution in [0.25, 0.3) is 0 Å². The van der Waals surface area contributed by atoms with Gasteiger partial charge in [0.15, 0.2) is 0 Å². The fraction of sp³-hybridized carbons (Fsp3) is 0.350. The lowest BCUT2D eigenvalue weighted by atomic mass is 9.96. The van der Waals surface area contributed by atoms with E-state index in [-0.39, 0.29) is 18.6 Å². The molecule has 1 aliphatic heterocycles. The number of benzene rings is 2. The van der Waals surface area contributed by atoms with Crippen molar-refractivity contribution in [3.63, 3.8) is 0 Å². The van der Waals surface area contributed by atoms with Gasteiger partial charge in [-0.25, -0.2) is 4.79 Å². The maximum absolute atomic E-state index is 12.6. The molecule has 1 unspecified atom stereocenters. The molecule has 0 aliphatic carbocycles. The maximum Gasteiger partial charge on any atom is 0.321 e. The van der Waals surface area contributed by atoms with Crippen molar-refractivity contribution in [1.29, 1.82) is 0 Å². The average Bonchev–Trinajstić information content (AvgIpc) is 3.05. The summed E-state index contributed by atoms with van der Waals surface area (Å²) >= 11 is 0. The predicted octanol–water partition coefficient (Wildman–Crippen LogP) is 3.23. The van der Waals surface area contributed by atoms with E-state index in [1.54, 1.807) is 0 Å². The topological polar surface area (TPSA) is 52.6 Å². The molecule has 0 saturated carbocycles. The largest absolute Gasteiger partial charge is 0.396 e. The van der Waals surface area contributed by atoms with Crippen LogP contribution in [0.15, 0.2) is 48.5 Å². The molecule has 0 bridgehead atoms. The van der Waals surface area contributed by atoms with Crippen molar-refractivity contribution in [2.75, 3.05) is 24.6 Å². The second-order valence-corrected chi connectivity index (χ2v) is 6.28. The summed E-state index contributed by atoms with van der Waals surface area (Å²) in [6.45, 7) is 3.46. The summed E-state index contributed by atoms with van der Waals surface area (Å²) in [5, 5.41) is 12.4. The van der Waals surface area contributed by atoms with E-state index in [1.807, 2.05) is 47.4 Å². The number of urea groups is 1. The van der Waals surface area contributed by atoms with Crippen molar-refractivity contribution in [3.8, 4) is 0 Å². The molecule has 0 saturated heterocycles. The van der Waals surface area contributed by atoms with Gasteiger partial charge >= 0.3 is 6.03 Å². The van der Waals surface area contributed by atoms with Crippen molar-refractivity contribution in [1.82, 2.24) is 5.32 Å². The summed E-state index contributed by atoms with van der Waals surface area (Å²) in [6.07, 6.45) is 1.55. The number of amides is 2. The van der Waals surface area contributed by atoms with Gasteiger partial charge in [0.05, 0.1) is 0 Å². The first-order valence-corrected chi connectivity index (χ1v) is 8.50. The molecule has 126 valence electrons. The second-order valence-electron chi connectivity index (χ2n) is 6.28. The lowest BCUT2D eigenvalue weighted by molar-refractivity contribution is 0.243. The molecule has 0 radical (unpaired) electrons. The van der Waals surface area contributed by atoms with Crippen LogP contribution in [0.5, 0.6) is 0 Å². The van der Waals surface area contributed by atoms with Crippen LogP contribution in [0.4, 0.5) is 10.5 Å². The number of carbonyl (C=O) groups excluding carboxylic acids is 1. The number of aliphatic hydroxyl groups is 1. The van der Waals surface area contributed by atoms with Gasteiger partial charge in [0.1, 0.15) is 0 Å². The minimum absolute atomic E-state index is 0.0572. The summed E-state index contributed by atoms with van der Waals surface area (Å²) < 4.78 is 0. The van der Waals surface area contributed by atoms with Crippen molar-refractivity contribution in [3.05, 3.63) is 65.2 Å². The molecular weight excluding hydrogens is 300 g/mol. The monoisotopic (exact) mass is 324 g/mol. The number of carbonyl (C=O) groups is 1. The van der Waals surface area contributed by atoms with E-state index in [1.165, 1.54) is 11.1 Å². The number of rotatable bonds is 5. The molecule has 1 aliphatic rings. The molecule has 2 aromatic carbocycles. The fourth-order valence-electron chi connectivity index (χ4n) is 3.39. The molecule has 1 heterocycles. The van der Waals surface area contributed by atoms with Gasteiger partial charge in [-0.3, -0.25) is 4.90 Å². The van der Waals surface area contributed by atoms with Crippen LogP contribution in [0, 0.1) is 6.92 Å². The highest BCUT2D eigenvalue weighted by Gasteiger charge is 2.25. The summed E-state index contributed by atoms with van der Waals surface area (Å²) in [5.74, 6) is 0.125. The Morgan fingerprint density at radius 2 is 2.00 bits per heavy atom. The first-order valence-electron chi connectivity index (χ1n) is 8.50. The molecule has 0 aromatic heterocycles. The van der Waals surface area contributed by atoms with Crippen molar-refractivity contribution in [2.24, 2.45) is 0 Å². The van der Waals surface area contributed by atoms with Crippen LogP contribution >= 0.6 is 0 Å². The minimum Gasteiger partial charge on any atom is -0.396 e. The maximum atomic E-state index is 12.6. The molecule has 0 fully saturated rings. The van der Waals surface area contributed by atoms with Gasteiger partial charge in [0.2, 0.25) is 0 Å². The summed E-state index contributed by atoms with van der Waals surface area (Å²) in [5.41, 5.74) is 4.67. The standard InChI is InChI=1S/C20H24N2O2/c1-15-6-5-9-19-18(15)10-12-22(19)20(24)21-14-17(11-13-23)16-7-3-2-4-8-16/h2-9,17,23H,10-14H2,1H3,(H,21,24). The van der Waals surface area contributed by atoms with Gasteiger partial charge in [0.25, 0.3) is 0 Å².